The Bertz CT molecular complexity index is 718. The Labute approximate surface area is 118 Å². The Morgan fingerprint density at radius 1 is 1.43 bits per heavy atom. The number of nitrogens with zero attached hydrogens (tertiary/aromatic N) is 5. The molecule has 0 aliphatic carbocycles. The number of carboxylic acids is 1. The van der Waals surface area contributed by atoms with Crippen molar-refractivity contribution in [2.45, 2.75) is 13.0 Å². The molecule has 2 aromatic rings. The quantitative estimate of drug-likeness (QED) is 0.805. The van der Waals surface area contributed by atoms with Crippen LogP contribution in [0.1, 0.15) is 6.42 Å². The molecule has 1 aromatic carbocycles. The molecule has 9 nitrogen and oxygen atoms in total. The number of carbonyl (C=O) groups excluding carboxylic acids is 1. The van der Waals surface area contributed by atoms with E-state index in [0.717, 1.165) is 4.80 Å². The first kappa shape index (κ1) is 14.1. The van der Waals surface area contributed by atoms with Gasteiger partial charge < -0.3 is 10.4 Å². The highest BCUT2D eigenvalue weighted by Crippen LogP contribution is 2.18. The van der Waals surface area contributed by atoms with E-state index < -0.39 is 11.9 Å². The number of hydrogen-bond donors (Lipinski definition) is 2. The summed E-state index contributed by atoms with van der Waals surface area (Å²) < 4.78 is 0. The molecule has 0 radical (unpaired) electrons. The lowest BCUT2D eigenvalue weighted by molar-refractivity contribution is -0.138. The van der Waals surface area contributed by atoms with Crippen molar-refractivity contribution in [1.29, 1.82) is 5.26 Å². The van der Waals surface area contributed by atoms with E-state index in [0.29, 0.717) is 11.3 Å². The minimum absolute atomic E-state index is 0.239. The summed E-state index contributed by atoms with van der Waals surface area (Å²) in [7, 11) is 0. The average Bonchev–Trinajstić information content (AvgIpc) is 2.87. The van der Waals surface area contributed by atoms with Crippen molar-refractivity contribution in [2.75, 3.05) is 5.32 Å². The van der Waals surface area contributed by atoms with Crippen LogP contribution < -0.4 is 5.32 Å². The van der Waals surface area contributed by atoms with Gasteiger partial charge in [-0.05, 0) is 17.3 Å². The number of tetrazole rings is 1. The maximum atomic E-state index is 11.3. The van der Waals surface area contributed by atoms with E-state index in [-0.39, 0.29) is 18.8 Å². The molecule has 0 saturated carbocycles. The number of carbonyl (C=O) groups is 2. The molecule has 1 amide bonds. The molecule has 9 heteroatoms. The summed E-state index contributed by atoms with van der Waals surface area (Å²) in [5.41, 5.74) is 1.06. The Hall–Kier alpha value is -3.28. The van der Waals surface area contributed by atoms with Gasteiger partial charge in [-0.1, -0.05) is 12.1 Å². The van der Waals surface area contributed by atoms with E-state index >= 15 is 0 Å². The van der Waals surface area contributed by atoms with E-state index in [1.165, 1.54) is 0 Å². The monoisotopic (exact) mass is 286 g/mol. The number of benzene rings is 1. The number of anilines is 1. The molecule has 21 heavy (non-hydrogen) atoms. The fourth-order valence-corrected chi connectivity index (χ4v) is 1.56. The van der Waals surface area contributed by atoms with Crippen LogP contribution >= 0.6 is 0 Å². The summed E-state index contributed by atoms with van der Waals surface area (Å²) in [4.78, 5) is 22.8. The molecule has 1 aromatic heterocycles. The first-order chi connectivity index (χ1) is 10.1. The van der Waals surface area contributed by atoms with Gasteiger partial charge in [0.15, 0.2) is 6.54 Å². The molecule has 0 fully saturated rings. The summed E-state index contributed by atoms with van der Waals surface area (Å²) in [5.74, 6) is -1.25. The molecule has 0 unspecified atom stereocenters. The van der Waals surface area contributed by atoms with Crippen molar-refractivity contribution in [3.05, 3.63) is 24.3 Å². The number of nitrogens with one attached hydrogen (secondary N) is 1. The molecule has 2 rings (SSSR count). The number of nitriles is 1. The second kappa shape index (κ2) is 6.25. The van der Waals surface area contributed by atoms with Crippen LogP contribution in [0.5, 0.6) is 0 Å². The van der Waals surface area contributed by atoms with Crippen LogP contribution in [0, 0.1) is 11.3 Å². The highest BCUT2D eigenvalue weighted by atomic mass is 16.4. The van der Waals surface area contributed by atoms with Gasteiger partial charge >= 0.3 is 5.97 Å². The number of carboxylic acid groups (broad SMARTS) is 1. The smallest absolute Gasteiger partial charge is 0.327 e. The van der Waals surface area contributed by atoms with E-state index in [2.05, 4.69) is 20.7 Å². The lowest BCUT2D eigenvalue weighted by Crippen LogP contribution is -2.11. The molecule has 0 spiro atoms. The zero-order valence-electron chi connectivity index (χ0n) is 10.7. The lowest BCUT2D eigenvalue weighted by atomic mass is 10.2. The molecule has 0 bridgehead atoms. The van der Waals surface area contributed by atoms with Gasteiger partial charge in [-0.2, -0.15) is 10.1 Å². The minimum Gasteiger partial charge on any atom is -0.480 e. The normalized spacial score (nSPS) is 9.86. The van der Waals surface area contributed by atoms with Gasteiger partial charge in [-0.3, -0.25) is 9.59 Å². The zero-order valence-corrected chi connectivity index (χ0v) is 10.7. The lowest BCUT2D eigenvalue weighted by Gasteiger charge is -2.03. The van der Waals surface area contributed by atoms with Crippen molar-refractivity contribution in [3.8, 4) is 17.5 Å². The van der Waals surface area contributed by atoms with Crippen LogP contribution in [0.2, 0.25) is 0 Å². The van der Waals surface area contributed by atoms with Crippen molar-refractivity contribution in [1.82, 2.24) is 20.2 Å². The Kier molecular flexibility index (Phi) is 4.20. The van der Waals surface area contributed by atoms with E-state index in [4.69, 9.17) is 10.4 Å². The van der Waals surface area contributed by atoms with Crippen LogP contribution in [-0.2, 0) is 16.1 Å². The molecular formula is C12H10N6O3. The summed E-state index contributed by atoms with van der Waals surface area (Å²) in [5, 5.41) is 30.9. The number of rotatable bonds is 5. The fraction of sp³-hybridized carbons (Fsp3) is 0.167. The maximum absolute atomic E-state index is 11.3. The summed E-state index contributed by atoms with van der Waals surface area (Å²) in [6, 6.07) is 8.38. The second-order valence-electron chi connectivity index (χ2n) is 4.00. The molecule has 0 aliphatic heterocycles. The number of hydrogen-bond acceptors (Lipinski definition) is 6. The van der Waals surface area contributed by atoms with Crippen molar-refractivity contribution < 1.29 is 14.7 Å². The van der Waals surface area contributed by atoms with Gasteiger partial charge in [-0.25, -0.2) is 0 Å². The van der Waals surface area contributed by atoms with E-state index in [9.17, 15) is 9.59 Å². The molecule has 1 heterocycles. The average molecular weight is 286 g/mol. The van der Waals surface area contributed by atoms with Gasteiger partial charge in [-0.15, -0.1) is 10.2 Å². The van der Waals surface area contributed by atoms with Crippen LogP contribution in [0.25, 0.3) is 11.4 Å². The zero-order chi connectivity index (χ0) is 15.2. The molecular weight excluding hydrogens is 276 g/mol. The second-order valence-corrected chi connectivity index (χ2v) is 4.00. The third kappa shape index (κ3) is 3.84. The van der Waals surface area contributed by atoms with Crippen LogP contribution in [0.4, 0.5) is 5.69 Å². The van der Waals surface area contributed by atoms with Crippen LogP contribution in [0.3, 0.4) is 0 Å². The third-order valence-electron chi connectivity index (χ3n) is 2.37. The van der Waals surface area contributed by atoms with Gasteiger partial charge in [0.1, 0.15) is 6.42 Å². The number of aliphatic carboxylic acids is 1. The predicted octanol–water partition coefficient (Wildman–Crippen LogP) is 0.277. The summed E-state index contributed by atoms with van der Waals surface area (Å²) in [6.45, 7) is -0.383. The Morgan fingerprint density at radius 3 is 2.95 bits per heavy atom. The Morgan fingerprint density at radius 2 is 2.24 bits per heavy atom. The SMILES string of the molecule is N#CCC(=O)Nc1cccc(-c2nnn(CC(=O)O)n2)c1. The highest BCUT2D eigenvalue weighted by Gasteiger charge is 2.09. The summed E-state index contributed by atoms with van der Waals surface area (Å²) >= 11 is 0. The fourth-order valence-electron chi connectivity index (χ4n) is 1.56. The van der Waals surface area contributed by atoms with Crippen LogP contribution in [0.15, 0.2) is 24.3 Å². The predicted molar refractivity (Wildman–Crippen MR) is 69.7 cm³/mol. The first-order valence-corrected chi connectivity index (χ1v) is 5.85. The molecule has 0 aliphatic rings. The highest BCUT2D eigenvalue weighted by molar-refractivity contribution is 5.92. The van der Waals surface area contributed by atoms with Crippen LogP contribution in [-0.4, -0.2) is 37.2 Å². The van der Waals surface area contributed by atoms with Gasteiger partial charge in [0, 0.05) is 11.3 Å². The standard InChI is InChI=1S/C12H10N6O3/c13-5-4-10(19)14-9-3-1-2-8(6-9)12-15-17-18(16-12)7-11(20)21/h1-3,6H,4,7H2,(H,14,19)(H,20,21). The van der Waals surface area contributed by atoms with Crippen molar-refractivity contribution in [2.24, 2.45) is 0 Å². The molecule has 0 atom stereocenters. The van der Waals surface area contributed by atoms with E-state index in [1.54, 1.807) is 30.3 Å². The van der Waals surface area contributed by atoms with Gasteiger partial charge in [0.05, 0.1) is 6.07 Å². The third-order valence-corrected chi connectivity index (χ3v) is 2.37. The van der Waals surface area contributed by atoms with Gasteiger partial charge in [0.2, 0.25) is 11.7 Å². The molecule has 2 N–H and O–H groups in total. The van der Waals surface area contributed by atoms with Crippen molar-refractivity contribution in [3.63, 3.8) is 0 Å². The molecule has 0 saturated heterocycles. The maximum Gasteiger partial charge on any atom is 0.327 e. The minimum atomic E-state index is -1.07. The van der Waals surface area contributed by atoms with Crippen molar-refractivity contribution >= 4 is 17.6 Å². The summed E-state index contributed by atoms with van der Waals surface area (Å²) in [6.07, 6.45) is -0.239. The number of aromatic nitrogens is 4. The van der Waals surface area contributed by atoms with E-state index in [1.807, 2.05) is 0 Å². The topological polar surface area (TPSA) is 134 Å². The Balaban J connectivity index is 2.17. The molecule has 106 valence electrons. The first-order valence-electron chi connectivity index (χ1n) is 5.85. The van der Waals surface area contributed by atoms with Gasteiger partial charge in [0.25, 0.3) is 0 Å². The number of amides is 1. The largest absolute Gasteiger partial charge is 0.480 e.